The highest BCUT2D eigenvalue weighted by molar-refractivity contribution is 5.93. The molecule has 0 bridgehead atoms. The Morgan fingerprint density at radius 2 is 1.91 bits per heavy atom. The largest absolute Gasteiger partial charge is 0.350 e. The lowest BCUT2D eigenvalue weighted by molar-refractivity contribution is 0.0949. The van der Waals surface area contributed by atoms with Gasteiger partial charge in [-0.25, -0.2) is 18.5 Å². The molecule has 1 amide bonds. The molecule has 33 heavy (non-hydrogen) atoms. The van der Waals surface area contributed by atoms with Crippen LogP contribution in [-0.2, 0) is 13.1 Å². The number of benzene rings is 1. The van der Waals surface area contributed by atoms with E-state index in [2.05, 4.69) is 20.5 Å². The van der Waals surface area contributed by atoms with Gasteiger partial charge in [0.2, 0.25) is 0 Å². The normalized spacial score (nSPS) is 10.8. The van der Waals surface area contributed by atoms with E-state index in [1.807, 2.05) is 0 Å². The highest BCUT2D eigenvalue weighted by Gasteiger charge is 2.16. The zero-order valence-electron chi connectivity index (χ0n) is 17.1. The second-order valence-electron chi connectivity index (χ2n) is 6.95. The smallest absolute Gasteiger partial charge is 0.328 e. The molecule has 0 radical (unpaired) electrons. The van der Waals surface area contributed by atoms with Gasteiger partial charge in [-0.1, -0.05) is 18.2 Å². The van der Waals surface area contributed by atoms with Crippen molar-refractivity contribution in [3.05, 3.63) is 109 Å². The van der Waals surface area contributed by atoms with Crippen molar-refractivity contribution in [1.29, 1.82) is 0 Å². The fourth-order valence-electron chi connectivity index (χ4n) is 3.11. The fraction of sp³-hybridized carbons (Fsp3) is 0.143. The van der Waals surface area contributed by atoms with Crippen molar-refractivity contribution in [3.8, 4) is 5.82 Å². The first-order valence-electron chi connectivity index (χ1n) is 9.86. The molecule has 0 aliphatic heterocycles. The average molecular weight is 451 g/mol. The number of halogens is 1. The number of aromatic nitrogens is 6. The van der Waals surface area contributed by atoms with Gasteiger partial charge >= 0.3 is 5.69 Å². The molecule has 4 rings (SSSR count). The first-order valence-corrected chi connectivity index (χ1v) is 9.86. The number of hydrogen-bond acceptors (Lipinski definition) is 6. The maximum atomic E-state index is 13.9. The van der Waals surface area contributed by atoms with E-state index < -0.39 is 23.0 Å². The Kier molecular flexibility index (Phi) is 6.06. The van der Waals surface area contributed by atoms with Crippen LogP contribution in [0.1, 0.15) is 15.9 Å². The van der Waals surface area contributed by atoms with Crippen molar-refractivity contribution in [2.75, 3.05) is 6.54 Å². The van der Waals surface area contributed by atoms with Crippen LogP contribution in [0, 0.1) is 5.82 Å². The van der Waals surface area contributed by atoms with Gasteiger partial charge in [0.05, 0.1) is 13.1 Å². The second-order valence-corrected chi connectivity index (χ2v) is 6.95. The van der Waals surface area contributed by atoms with Crippen LogP contribution in [-0.4, -0.2) is 41.6 Å². The van der Waals surface area contributed by atoms with E-state index in [1.165, 1.54) is 35.0 Å². The van der Waals surface area contributed by atoms with Crippen molar-refractivity contribution >= 4 is 5.91 Å². The zero-order chi connectivity index (χ0) is 23.4. The van der Waals surface area contributed by atoms with E-state index in [0.29, 0.717) is 5.82 Å². The van der Waals surface area contributed by atoms with E-state index >= 15 is 0 Å². The molecule has 3 heterocycles. The van der Waals surface area contributed by atoms with Gasteiger partial charge < -0.3 is 10.3 Å². The number of carbonyl (C=O) groups is 1. The van der Waals surface area contributed by atoms with Crippen LogP contribution in [0.4, 0.5) is 4.39 Å². The third-order valence-corrected chi connectivity index (χ3v) is 4.79. The van der Waals surface area contributed by atoms with Gasteiger partial charge in [0.15, 0.2) is 5.82 Å². The molecule has 168 valence electrons. The molecule has 0 fully saturated rings. The van der Waals surface area contributed by atoms with E-state index in [0.717, 1.165) is 15.4 Å². The highest BCUT2D eigenvalue weighted by Crippen LogP contribution is 2.06. The van der Waals surface area contributed by atoms with Crippen molar-refractivity contribution in [2.45, 2.75) is 13.1 Å². The van der Waals surface area contributed by atoms with Gasteiger partial charge in [-0.3, -0.25) is 19.0 Å². The molecule has 4 aromatic rings. The Hall–Kier alpha value is -4.61. The Bertz CT molecular complexity index is 1470. The van der Waals surface area contributed by atoms with E-state index in [4.69, 9.17) is 0 Å². The minimum absolute atomic E-state index is 0.0137. The summed E-state index contributed by atoms with van der Waals surface area (Å²) in [6.45, 7) is -0.311. The van der Waals surface area contributed by atoms with Crippen molar-refractivity contribution < 1.29 is 9.18 Å². The SMILES string of the molecule is O=C(NCCn1nc(-n2cccn2)ccc1=O)c1c[nH]c(=O)n(Cc2ccccc2F)c1=O. The lowest BCUT2D eigenvalue weighted by atomic mass is 10.2. The van der Waals surface area contributed by atoms with E-state index in [-0.39, 0.29) is 36.3 Å². The number of nitrogens with zero attached hydrogens (tertiary/aromatic N) is 5. The second kappa shape index (κ2) is 9.26. The van der Waals surface area contributed by atoms with Gasteiger partial charge in [-0.05, 0) is 18.2 Å². The zero-order valence-corrected chi connectivity index (χ0v) is 17.1. The minimum Gasteiger partial charge on any atom is -0.350 e. The van der Waals surface area contributed by atoms with Crippen molar-refractivity contribution in [1.82, 2.24) is 34.4 Å². The predicted octanol–water partition coefficient (Wildman–Crippen LogP) is -0.104. The lowest BCUT2D eigenvalue weighted by Gasteiger charge is -2.10. The van der Waals surface area contributed by atoms with E-state index in [1.54, 1.807) is 24.5 Å². The third kappa shape index (κ3) is 4.69. The summed E-state index contributed by atoms with van der Waals surface area (Å²) in [7, 11) is 0. The summed E-state index contributed by atoms with van der Waals surface area (Å²) in [5.41, 5.74) is -2.21. The van der Waals surface area contributed by atoms with Gasteiger partial charge in [0, 0.05) is 36.8 Å². The van der Waals surface area contributed by atoms with Crippen LogP contribution in [0.5, 0.6) is 0 Å². The summed E-state index contributed by atoms with van der Waals surface area (Å²) in [6.07, 6.45) is 4.24. The molecule has 1 aromatic carbocycles. The standard InChI is InChI=1S/C21H18FN7O4/c22-16-5-2-1-4-14(16)13-27-20(32)15(12-24-21(27)33)19(31)23-9-11-29-18(30)7-6-17(26-29)28-10-3-8-25-28/h1-8,10,12H,9,11,13H2,(H,23,31)(H,24,33). The molecule has 0 saturated carbocycles. The van der Waals surface area contributed by atoms with Crippen LogP contribution >= 0.6 is 0 Å². The van der Waals surface area contributed by atoms with Gasteiger partial charge in [-0.15, -0.1) is 5.10 Å². The van der Waals surface area contributed by atoms with Crippen molar-refractivity contribution in [2.24, 2.45) is 0 Å². The first-order chi connectivity index (χ1) is 15.9. The maximum absolute atomic E-state index is 13.9. The molecule has 3 aromatic heterocycles. The molecule has 0 spiro atoms. The molecule has 12 heteroatoms. The van der Waals surface area contributed by atoms with Gasteiger partial charge in [-0.2, -0.15) is 5.10 Å². The Balaban J connectivity index is 1.48. The molecule has 0 saturated heterocycles. The topological polar surface area (TPSA) is 137 Å². The molecule has 0 unspecified atom stereocenters. The summed E-state index contributed by atoms with van der Waals surface area (Å²) in [6, 6.07) is 10.3. The summed E-state index contributed by atoms with van der Waals surface area (Å²) in [5, 5.41) is 10.8. The quantitative estimate of drug-likeness (QED) is 0.403. The number of carbonyl (C=O) groups excluding carboxylic acids is 1. The van der Waals surface area contributed by atoms with Gasteiger partial charge in [0.25, 0.3) is 17.0 Å². The molecular weight excluding hydrogens is 433 g/mol. The molecule has 0 atom stereocenters. The summed E-state index contributed by atoms with van der Waals surface area (Å²) in [5.74, 6) is -0.911. The Morgan fingerprint density at radius 3 is 2.67 bits per heavy atom. The van der Waals surface area contributed by atoms with Crippen LogP contribution in [0.2, 0.25) is 0 Å². The van der Waals surface area contributed by atoms with Crippen LogP contribution in [0.3, 0.4) is 0 Å². The summed E-state index contributed by atoms with van der Waals surface area (Å²) >= 11 is 0. The average Bonchev–Trinajstić information content (AvgIpc) is 3.34. The van der Waals surface area contributed by atoms with Gasteiger partial charge in [0.1, 0.15) is 11.4 Å². The number of aromatic amines is 1. The maximum Gasteiger partial charge on any atom is 0.328 e. The fourth-order valence-corrected chi connectivity index (χ4v) is 3.11. The number of H-pyrrole nitrogens is 1. The molecule has 0 aliphatic carbocycles. The van der Waals surface area contributed by atoms with Crippen molar-refractivity contribution in [3.63, 3.8) is 0 Å². The highest BCUT2D eigenvalue weighted by atomic mass is 19.1. The Morgan fingerprint density at radius 1 is 1.09 bits per heavy atom. The number of amides is 1. The number of hydrogen-bond donors (Lipinski definition) is 2. The first kappa shape index (κ1) is 21.6. The Labute approximate surface area is 184 Å². The number of rotatable bonds is 7. The molecular formula is C21H18FN7O4. The van der Waals surface area contributed by atoms with Crippen LogP contribution in [0.15, 0.2) is 75.4 Å². The van der Waals surface area contributed by atoms with E-state index in [9.17, 15) is 23.6 Å². The minimum atomic E-state index is -0.865. The van der Waals surface area contributed by atoms with Crippen LogP contribution in [0.25, 0.3) is 5.82 Å². The molecule has 0 aliphatic rings. The summed E-state index contributed by atoms with van der Waals surface area (Å²) in [4.78, 5) is 51.7. The van der Waals surface area contributed by atoms with Crippen LogP contribution < -0.4 is 22.1 Å². The predicted molar refractivity (Wildman–Crippen MR) is 115 cm³/mol. The summed E-state index contributed by atoms with van der Waals surface area (Å²) < 4.78 is 17.3. The lowest BCUT2D eigenvalue weighted by Crippen LogP contribution is -2.41. The molecule has 11 nitrogen and oxygen atoms in total. The number of nitrogens with one attached hydrogen (secondary N) is 2. The third-order valence-electron chi connectivity index (χ3n) is 4.79. The molecule has 2 N–H and O–H groups in total. The monoisotopic (exact) mass is 451 g/mol.